The lowest BCUT2D eigenvalue weighted by Crippen LogP contribution is -2.31. The fraction of sp³-hybridized carbons (Fsp3) is 0.286. The molecule has 7 heteroatoms. The van der Waals surface area contributed by atoms with Crippen molar-refractivity contribution in [3.63, 3.8) is 0 Å². The Labute approximate surface area is 169 Å². The predicted octanol–water partition coefficient (Wildman–Crippen LogP) is 3.65. The summed E-state index contributed by atoms with van der Waals surface area (Å²) < 4.78 is 5.54. The highest BCUT2D eigenvalue weighted by Gasteiger charge is 2.34. The Kier molecular flexibility index (Phi) is 6.66. The summed E-state index contributed by atoms with van der Waals surface area (Å²) >= 11 is 6.01. The van der Waals surface area contributed by atoms with E-state index in [1.54, 1.807) is 12.1 Å². The van der Waals surface area contributed by atoms with Crippen molar-refractivity contribution in [1.29, 1.82) is 0 Å². The molecule has 1 aliphatic heterocycles. The third kappa shape index (κ3) is 4.89. The van der Waals surface area contributed by atoms with Crippen LogP contribution >= 0.6 is 11.6 Å². The molecule has 0 bridgehead atoms. The van der Waals surface area contributed by atoms with Gasteiger partial charge in [0.1, 0.15) is 12.4 Å². The van der Waals surface area contributed by atoms with E-state index in [0.717, 1.165) is 11.4 Å². The van der Waals surface area contributed by atoms with Crippen molar-refractivity contribution in [2.75, 3.05) is 18.2 Å². The van der Waals surface area contributed by atoms with Gasteiger partial charge in [0.25, 0.3) is 5.91 Å². The first kappa shape index (κ1) is 19.9. The van der Waals surface area contributed by atoms with Crippen molar-refractivity contribution in [3.05, 3.63) is 59.6 Å². The third-order valence-corrected chi connectivity index (χ3v) is 4.76. The molecule has 146 valence electrons. The molecule has 6 nitrogen and oxygen atoms in total. The molecule has 1 N–H and O–H groups in total. The predicted molar refractivity (Wildman–Crippen MR) is 110 cm³/mol. The fourth-order valence-electron chi connectivity index (χ4n) is 2.97. The summed E-state index contributed by atoms with van der Waals surface area (Å²) in [5.41, 5.74) is 1.46. The maximum absolute atomic E-state index is 12.6. The maximum Gasteiger partial charge on any atom is 0.256 e. The minimum absolute atomic E-state index is 0.0986. The quantitative estimate of drug-likeness (QED) is 0.688. The number of hydrazone groups is 1. The molecule has 0 spiro atoms. The Hall–Kier alpha value is -2.86. The summed E-state index contributed by atoms with van der Waals surface area (Å²) in [7, 11) is 0. The summed E-state index contributed by atoms with van der Waals surface area (Å²) in [4.78, 5) is 24.7. The molecule has 0 radical (unpaired) electrons. The number of benzene rings is 2. The molecule has 2 amide bonds. The molecule has 0 fully saturated rings. The lowest BCUT2D eigenvalue weighted by molar-refractivity contribution is -0.122. The lowest BCUT2D eigenvalue weighted by atomic mass is 9.98. The second kappa shape index (κ2) is 9.37. The van der Waals surface area contributed by atoms with Crippen LogP contribution in [0.3, 0.4) is 0 Å². The normalized spacial score (nSPS) is 16.1. The molecule has 2 aromatic carbocycles. The van der Waals surface area contributed by atoms with Crippen LogP contribution in [0.2, 0.25) is 5.02 Å². The van der Waals surface area contributed by atoms with Crippen molar-refractivity contribution in [3.8, 4) is 5.75 Å². The maximum atomic E-state index is 12.6. The molecule has 2 aromatic rings. The van der Waals surface area contributed by atoms with Crippen molar-refractivity contribution in [2.24, 2.45) is 11.0 Å². The standard InChI is InChI=1S/C21H22ClN3O3/c1-15-17(21(27)25(24-15)16-7-3-2-4-8-16)11-12-20(26)23-13-14-28-19-10-6-5-9-18(19)22/h2-10,17H,11-14H2,1H3,(H,23,26). The van der Waals surface area contributed by atoms with Crippen LogP contribution in [0.25, 0.3) is 0 Å². The highest BCUT2D eigenvalue weighted by Crippen LogP contribution is 2.26. The summed E-state index contributed by atoms with van der Waals surface area (Å²) in [6.45, 7) is 2.51. The van der Waals surface area contributed by atoms with E-state index >= 15 is 0 Å². The Balaban J connectivity index is 1.41. The smallest absolute Gasteiger partial charge is 0.256 e. The zero-order valence-corrected chi connectivity index (χ0v) is 16.4. The van der Waals surface area contributed by atoms with Gasteiger partial charge in [-0.3, -0.25) is 9.59 Å². The molecule has 3 rings (SSSR count). The molecule has 1 atom stereocenters. The highest BCUT2D eigenvalue weighted by molar-refractivity contribution is 6.32. The average Bonchev–Trinajstić information content (AvgIpc) is 2.99. The third-order valence-electron chi connectivity index (χ3n) is 4.45. The van der Waals surface area contributed by atoms with Gasteiger partial charge in [0.2, 0.25) is 5.91 Å². The molecule has 1 unspecified atom stereocenters. The zero-order chi connectivity index (χ0) is 19.9. The van der Waals surface area contributed by atoms with Gasteiger partial charge in [-0.25, -0.2) is 5.01 Å². The summed E-state index contributed by atoms with van der Waals surface area (Å²) in [6, 6.07) is 16.5. The summed E-state index contributed by atoms with van der Waals surface area (Å²) in [6.07, 6.45) is 0.673. The van der Waals surface area contributed by atoms with Crippen molar-refractivity contribution >= 4 is 34.8 Å². The Morgan fingerprint density at radius 3 is 2.64 bits per heavy atom. The topological polar surface area (TPSA) is 71.0 Å². The Morgan fingerprint density at radius 1 is 1.18 bits per heavy atom. The molecule has 0 aliphatic carbocycles. The molecule has 1 aliphatic rings. The van der Waals surface area contributed by atoms with E-state index in [9.17, 15) is 9.59 Å². The van der Waals surface area contributed by atoms with Crippen LogP contribution in [-0.4, -0.2) is 30.7 Å². The number of amides is 2. The number of para-hydroxylation sites is 2. The molecule has 0 saturated heterocycles. The molecular formula is C21H22ClN3O3. The fourth-order valence-corrected chi connectivity index (χ4v) is 3.16. The molecule has 0 aromatic heterocycles. The Bertz CT molecular complexity index is 870. The second-order valence-corrected chi connectivity index (χ2v) is 6.85. The van der Waals surface area contributed by atoms with E-state index in [0.29, 0.717) is 30.3 Å². The number of nitrogens with one attached hydrogen (secondary N) is 1. The van der Waals surface area contributed by atoms with Gasteiger partial charge in [-0.05, 0) is 37.6 Å². The lowest BCUT2D eigenvalue weighted by Gasteiger charge is -2.14. The van der Waals surface area contributed by atoms with Crippen LogP contribution in [-0.2, 0) is 9.59 Å². The molecule has 0 saturated carbocycles. The van der Waals surface area contributed by atoms with E-state index in [4.69, 9.17) is 16.3 Å². The number of ether oxygens (including phenoxy) is 1. The number of nitrogens with zero attached hydrogens (tertiary/aromatic N) is 2. The van der Waals surface area contributed by atoms with E-state index in [2.05, 4.69) is 10.4 Å². The molecule has 28 heavy (non-hydrogen) atoms. The van der Waals surface area contributed by atoms with Gasteiger partial charge in [-0.1, -0.05) is 41.9 Å². The SMILES string of the molecule is CC1=NN(c2ccccc2)C(=O)C1CCC(=O)NCCOc1ccccc1Cl. The van der Waals surface area contributed by atoms with Crippen LogP contribution in [0.1, 0.15) is 19.8 Å². The van der Waals surface area contributed by atoms with E-state index in [1.807, 2.05) is 49.4 Å². The number of hydrogen-bond donors (Lipinski definition) is 1. The summed E-state index contributed by atoms with van der Waals surface area (Å²) in [5, 5.41) is 9.10. The van der Waals surface area contributed by atoms with Crippen LogP contribution in [0, 0.1) is 5.92 Å². The van der Waals surface area contributed by atoms with Crippen molar-refractivity contribution < 1.29 is 14.3 Å². The van der Waals surface area contributed by atoms with E-state index in [1.165, 1.54) is 5.01 Å². The van der Waals surface area contributed by atoms with Gasteiger partial charge in [0, 0.05) is 12.1 Å². The first-order valence-corrected chi connectivity index (χ1v) is 9.52. The van der Waals surface area contributed by atoms with Crippen LogP contribution in [0.4, 0.5) is 5.69 Å². The number of anilines is 1. The number of carbonyl (C=O) groups is 2. The van der Waals surface area contributed by atoms with Gasteiger partial charge in [-0.2, -0.15) is 5.10 Å². The highest BCUT2D eigenvalue weighted by atomic mass is 35.5. The molecular weight excluding hydrogens is 378 g/mol. The largest absolute Gasteiger partial charge is 0.490 e. The van der Waals surface area contributed by atoms with Crippen LogP contribution < -0.4 is 15.1 Å². The van der Waals surface area contributed by atoms with Gasteiger partial charge < -0.3 is 10.1 Å². The first-order chi connectivity index (χ1) is 13.6. The zero-order valence-electron chi connectivity index (χ0n) is 15.6. The van der Waals surface area contributed by atoms with Crippen LogP contribution in [0.15, 0.2) is 59.7 Å². The minimum Gasteiger partial charge on any atom is -0.490 e. The van der Waals surface area contributed by atoms with Crippen molar-refractivity contribution in [1.82, 2.24) is 5.32 Å². The monoisotopic (exact) mass is 399 g/mol. The van der Waals surface area contributed by atoms with Gasteiger partial charge >= 0.3 is 0 Å². The number of rotatable bonds is 8. The number of halogens is 1. The Morgan fingerprint density at radius 2 is 1.89 bits per heavy atom. The average molecular weight is 400 g/mol. The second-order valence-electron chi connectivity index (χ2n) is 6.45. The van der Waals surface area contributed by atoms with Crippen molar-refractivity contribution in [2.45, 2.75) is 19.8 Å². The summed E-state index contributed by atoms with van der Waals surface area (Å²) in [5.74, 6) is -0.00629. The molecule has 1 heterocycles. The first-order valence-electron chi connectivity index (χ1n) is 9.14. The van der Waals surface area contributed by atoms with Gasteiger partial charge in [0.15, 0.2) is 0 Å². The van der Waals surface area contributed by atoms with Gasteiger partial charge in [-0.15, -0.1) is 0 Å². The van der Waals surface area contributed by atoms with E-state index < -0.39 is 0 Å². The number of carbonyl (C=O) groups excluding carboxylic acids is 2. The minimum atomic E-state index is -0.370. The van der Waals surface area contributed by atoms with Crippen LogP contribution in [0.5, 0.6) is 5.75 Å². The van der Waals surface area contributed by atoms with E-state index in [-0.39, 0.29) is 24.2 Å². The van der Waals surface area contributed by atoms with Gasteiger partial charge in [0.05, 0.1) is 23.2 Å². The number of hydrogen-bond acceptors (Lipinski definition) is 4.